The highest BCUT2D eigenvalue weighted by atomic mass is 16.3. The molecule has 0 bridgehead atoms. The number of nitrogens with zero attached hydrogens (tertiary/aromatic N) is 1. The van der Waals surface area contributed by atoms with Crippen LogP contribution in [0.5, 0.6) is 0 Å². The van der Waals surface area contributed by atoms with Crippen LogP contribution in [0.1, 0.15) is 53.2 Å². The van der Waals surface area contributed by atoms with E-state index in [9.17, 15) is 14.4 Å². The van der Waals surface area contributed by atoms with Crippen molar-refractivity contribution in [2.75, 3.05) is 13.1 Å². The van der Waals surface area contributed by atoms with Crippen LogP contribution in [0.4, 0.5) is 0 Å². The lowest BCUT2D eigenvalue weighted by atomic mass is 10.0. The first kappa shape index (κ1) is 23.8. The Labute approximate surface area is 192 Å². The molecule has 174 valence electrons. The molecule has 0 saturated heterocycles. The minimum Gasteiger partial charge on any atom is -0.467 e. The fourth-order valence-electron chi connectivity index (χ4n) is 3.38. The molecule has 0 aliphatic rings. The van der Waals surface area contributed by atoms with E-state index in [1.54, 1.807) is 18.2 Å². The van der Waals surface area contributed by atoms with Crippen LogP contribution in [0.2, 0.25) is 0 Å². The number of aryl methyl sites for hydroxylation is 1. The molecule has 0 fully saturated rings. The van der Waals surface area contributed by atoms with Crippen molar-refractivity contribution in [3.05, 3.63) is 83.7 Å². The third kappa shape index (κ3) is 6.58. The normalized spacial score (nSPS) is 11.6. The van der Waals surface area contributed by atoms with Gasteiger partial charge in [-0.3, -0.25) is 14.4 Å². The second-order valence-corrected chi connectivity index (χ2v) is 7.71. The second-order valence-electron chi connectivity index (χ2n) is 7.71. The summed E-state index contributed by atoms with van der Waals surface area (Å²) in [5, 5.41) is 5.45. The summed E-state index contributed by atoms with van der Waals surface area (Å²) in [6, 6.07) is 13.3. The number of hydrogen-bond acceptors (Lipinski definition) is 5. The van der Waals surface area contributed by atoms with Gasteiger partial charge in [0.25, 0.3) is 5.91 Å². The SMILES string of the molecule is CCCCN(C(=O)CNC(=O)c1ccco1)[C@@H](C(=O)NCc1ccco1)c1ccc(C)cc1. The van der Waals surface area contributed by atoms with E-state index in [1.165, 1.54) is 23.5 Å². The number of amides is 3. The number of furan rings is 2. The van der Waals surface area contributed by atoms with E-state index in [2.05, 4.69) is 10.6 Å². The van der Waals surface area contributed by atoms with Crippen LogP contribution in [0.3, 0.4) is 0 Å². The largest absolute Gasteiger partial charge is 0.467 e. The lowest BCUT2D eigenvalue weighted by Crippen LogP contribution is -2.47. The number of carbonyl (C=O) groups is 3. The van der Waals surface area contributed by atoms with Crippen LogP contribution in [-0.4, -0.2) is 35.7 Å². The maximum atomic E-state index is 13.3. The predicted octanol–water partition coefficient (Wildman–Crippen LogP) is 3.60. The molecule has 0 unspecified atom stereocenters. The highest BCUT2D eigenvalue weighted by Gasteiger charge is 2.31. The van der Waals surface area contributed by atoms with E-state index in [-0.39, 0.29) is 30.7 Å². The standard InChI is InChI=1S/C25H29N3O5/c1-3-4-13-28(22(29)17-27-24(30)21-8-6-15-33-21)23(19-11-9-18(2)10-12-19)25(31)26-16-20-7-5-14-32-20/h5-12,14-15,23H,3-4,13,16-17H2,1-2H3,(H,26,31)(H,27,30)/t23-/m1/s1. The molecule has 0 radical (unpaired) electrons. The maximum Gasteiger partial charge on any atom is 0.287 e. The molecule has 1 aromatic carbocycles. The summed E-state index contributed by atoms with van der Waals surface area (Å²) in [4.78, 5) is 40.3. The summed E-state index contributed by atoms with van der Waals surface area (Å²) >= 11 is 0. The minimum atomic E-state index is -0.847. The fourth-order valence-corrected chi connectivity index (χ4v) is 3.38. The number of nitrogens with one attached hydrogen (secondary N) is 2. The average molecular weight is 452 g/mol. The molecule has 0 saturated carbocycles. The maximum absolute atomic E-state index is 13.3. The van der Waals surface area contributed by atoms with E-state index in [1.807, 2.05) is 38.1 Å². The van der Waals surface area contributed by atoms with Crippen molar-refractivity contribution in [3.8, 4) is 0 Å². The quantitative estimate of drug-likeness (QED) is 0.464. The van der Waals surface area contributed by atoms with E-state index in [0.717, 1.165) is 12.0 Å². The first-order valence-electron chi connectivity index (χ1n) is 11.0. The van der Waals surface area contributed by atoms with Crippen LogP contribution in [-0.2, 0) is 16.1 Å². The lowest BCUT2D eigenvalue weighted by molar-refractivity contribution is -0.140. The molecule has 8 nitrogen and oxygen atoms in total. The fraction of sp³-hybridized carbons (Fsp3) is 0.320. The summed E-state index contributed by atoms with van der Waals surface area (Å²) < 4.78 is 10.4. The third-order valence-corrected chi connectivity index (χ3v) is 5.19. The Kier molecular flexibility index (Phi) is 8.46. The van der Waals surface area contributed by atoms with Gasteiger partial charge < -0.3 is 24.4 Å². The number of carbonyl (C=O) groups excluding carboxylic acids is 3. The zero-order valence-electron chi connectivity index (χ0n) is 18.9. The molecular formula is C25H29N3O5. The molecule has 3 rings (SSSR count). The minimum absolute atomic E-state index is 0.120. The van der Waals surface area contributed by atoms with E-state index >= 15 is 0 Å². The number of benzene rings is 1. The van der Waals surface area contributed by atoms with Crippen LogP contribution < -0.4 is 10.6 Å². The topological polar surface area (TPSA) is 105 Å². The van der Waals surface area contributed by atoms with Crippen LogP contribution in [0, 0.1) is 6.92 Å². The molecular weight excluding hydrogens is 422 g/mol. The van der Waals surface area contributed by atoms with E-state index < -0.39 is 11.9 Å². The molecule has 3 aromatic rings. The summed E-state index contributed by atoms with van der Waals surface area (Å²) in [5.74, 6) is -0.436. The molecule has 2 N–H and O–H groups in total. The van der Waals surface area contributed by atoms with Gasteiger partial charge in [-0.25, -0.2) is 0 Å². The first-order valence-corrected chi connectivity index (χ1v) is 11.0. The Bertz CT molecular complexity index is 1030. The average Bonchev–Trinajstić information content (AvgIpc) is 3.54. The van der Waals surface area contributed by atoms with Gasteiger partial charge in [0.2, 0.25) is 11.8 Å². The molecule has 0 aliphatic carbocycles. The molecule has 2 heterocycles. The monoisotopic (exact) mass is 451 g/mol. The molecule has 8 heteroatoms. The Morgan fingerprint density at radius 1 is 0.970 bits per heavy atom. The van der Waals surface area contributed by atoms with Crippen molar-refractivity contribution < 1.29 is 23.2 Å². The Balaban J connectivity index is 1.81. The number of rotatable bonds is 11. The van der Waals surface area contributed by atoms with Crippen molar-refractivity contribution >= 4 is 17.7 Å². The Morgan fingerprint density at radius 3 is 2.33 bits per heavy atom. The smallest absolute Gasteiger partial charge is 0.287 e. The van der Waals surface area contributed by atoms with Crippen LogP contribution in [0.25, 0.3) is 0 Å². The number of hydrogen-bond donors (Lipinski definition) is 2. The van der Waals surface area contributed by atoms with Crippen LogP contribution >= 0.6 is 0 Å². The van der Waals surface area contributed by atoms with Crippen molar-refractivity contribution in [1.82, 2.24) is 15.5 Å². The van der Waals surface area contributed by atoms with Crippen molar-refractivity contribution in [3.63, 3.8) is 0 Å². The zero-order chi connectivity index (χ0) is 23.6. The predicted molar refractivity (Wildman–Crippen MR) is 122 cm³/mol. The highest BCUT2D eigenvalue weighted by Crippen LogP contribution is 2.23. The third-order valence-electron chi connectivity index (χ3n) is 5.19. The molecule has 0 aliphatic heterocycles. The van der Waals surface area contributed by atoms with Gasteiger partial charge in [0.1, 0.15) is 11.8 Å². The van der Waals surface area contributed by atoms with Gasteiger partial charge in [0.15, 0.2) is 5.76 Å². The van der Waals surface area contributed by atoms with Gasteiger partial charge in [-0.1, -0.05) is 43.2 Å². The molecule has 33 heavy (non-hydrogen) atoms. The zero-order valence-corrected chi connectivity index (χ0v) is 18.9. The summed E-state index contributed by atoms with van der Waals surface area (Å²) in [5.41, 5.74) is 1.74. The van der Waals surface area contributed by atoms with Gasteiger partial charge in [-0.15, -0.1) is 0 Å². The van der Waals surface area contributed by atoms with Crippen molar-refractivity contribution in [2.24, 2.45) is 0 Å². The van der Waals surface area contributed by atoms with Crippen molar-refractivity contribution in [2.45, 2.75) is 39.3 Å². The van der Waals surface area contributed by atoms with Crippen molar-refractivity contribution in [1.29, 1.82) is 0 Å². The summed E-state index contributed by atoms with van der Waals surface area (Å²) in [6.07, 6.45) is 4.49. The number of unbranched alkanes of at least 4 members (excludes halogenated alkanes) is 1. The Hall–Kier alpha value is -3.81. The molecule has 3 amide bonds. The molecule has 1 atom stereocenters. The van der Waals surface area contributed by atoms with E-state index in [0.29, 0.717) is 24.3 Å². The van der Waals surface area contributed by atoms with Gasteiger partial charge in [0, 0.05) is 6.54 Å². The highest BCUT2D eigenvalue weighted by molar-refractivity contribution is 5.95. The summed E-state index contributed by atoms with van der Waals surface area (Å²) in [7, 11) is 0. The van der Waals surface area contributed by atoms with E-state index in [4.69, 9.17) is 8.83 Å². The summed E-state index contributed by atoms with van der Waals surface area (Å²) in [6.45, 7) is 4.30. The van der Waals surface area contributed by atoms with Gasteiger partial charge in [-0.05, 0) is 43.2 Å². The Morgan fingerprint density at radius 2 is 1.70 bits per heavy atom. The molecule has 0 spiro atoms. The van der Waals surface area contributed by atoms with Gasteiger partial charge in [-0.2, -0.15) is 0 Å². The molecule has 2 aromatic heterocycles. The van der Waals surface area contributed by atoms with Gasteiger partial charge >= 0.3 is 0 Å². The van der Waals surface area contributed by atoms with Gasteiger partial charge in [0.05, 0.1) is 25.6 Å². The van der Waals surface area contributed by atoms with Crippen LogP contribution in [0.15, 0.2) is 69.9 Å². The second kappa shape index (κ2) is 11.7. The lowest BCUT2D eigenvalue weighted by Gasteiger charge is -2.31. The first-order chi connectivity index (χ1) is 16.0.